The first-order valence-corrected chi connectivity index (χ1v) is 10.2. The molecule has 2 N–H and O–H groups in total. The Morgan fingerprint density at radius 2 is 2.08 bits per heavy atom. The number of aliphatic imine (C=N–C) groups is 2. The van der Waals surface area contributed by atoms with Gasteiger partial charge < -0.3 is 10.6 Å². The van der Waals surface area contributed by atoms with Crippen LogP contribution in [0.3, 0.4) is 0 Å². The molecule has 0 radical (unpaired) electrons. The fraction of sp³-hybridized carbons (Fsp3) is 0.611. The maximum absolute atomic E-state index is 14.4. The van der Waals surface area contributed by atoms with Crippen molar-refractivity contribution in [3.05, 3.63) is 23.7 Å². The smallest absolute Gasteiger partial charge is 0.241 e. The lowest BCUT2D eigenvalue weighted by Gasteiger charge is -2.25. The van der Waals surface area contributed by atoms with Crippen LogP contribution in [0.4, 0.5) is 8.78 Å². The zero-order valence-electron chi connectivity index (χ0n) is 14.4. The van der Waals surface area contributed by atoms with Gasteiger partial charge in [-0.1, -0.05) is 12.8 Å². The molecule has 1 saturated carbocycles. The Kier molecular flexibility index (Phi) is 5.22. The van der Waals surface area contributed by atoms with Gasteiger partial charge in [0.25, 0.3) is 0 Å². The molecular formula is C18H22F2N4OS. The Morgan fingerprint density at radius 3 is 2.81 bits per heavy atom. The number of halogens is 2. The van der Waals surface area contributed by atoms with E-state index in [-0.39, 0.29) is 11.3 Å². The molecule has 2 aliphatic carbocycles. The van der Waals surface area contributed by atoms with Crippen molar-refractivity contribution in [1.29, 1.82) is 0 Å². The van der Waals surface area contributed by atoms with Crippen LogP contribution >= 0.6 is 11.8 Å². The zero-order chi connectivity index (χ0) is 18.1. The second kappa shape index (κ2) is 7.60. The molecule has 4 rings (SSSR count). The number of carbonyl (C=O) groups excluding carboxylic acids is 1. The molecular weight excluding hydrogens is 358 g/mol. The maximum Gasteiger partial charge on any atom is 0.241 e. The van der Waals surface area contributed by atoms with Crippen LogP contribution in [0, 0.1) is 5.92 Å². The lowest BCUT2D eigenvalue weighted by atomic mass is 9.94. The topological polar surface area (TPSA) is 65.8 Å². The molecule has 0 bridgehead atoms. The average molecular weight is 380 g/mol. The third-order valence-electron chi connectivity index (χ3n) is 5.13. The minimum Gasteiger partial charge on any atom is -0.313 e. The SMILES string of the molecule is O=C1NC(CS[C@H]2CNC[C@H]2F)=NC2=CC(=NC3CCCC3)C=C(F)C12. The number of nitrogens with zero attached hydrogens (tertiary/aromatic N) is 2. The van der Waals surface area contributed by atoms with Crippen molar-refractivity contribution in [2.24, 2.45) is 15.9 Å². The number of rotatable bonds is 4. The second-order valence-corrected chi connectivity index (χ2v) is 8.32. The molecule has 5 nitrogen and oxygen atoms in total. The van der Waals surface area contributed by atoms with Crippen molar-refractivity contribution in [3.63, 3.8) is 0 Å². The Bertz CT molecular complexity index is 712. The highest BCUT2D eigenvalue weighted by Gasteiger charge is 2.36. The van der Waals surface area contributed by atoms with Gasteiger partial charge in [0.15, 0.2) is 0 Å². The number of fused-ring (bicyclic) bond motifs is 1. The van der Waals surface area contributed by atoms with Crippen molar-refractivity contribution in [2.75, 3.05) is 18.8 Å². The molecule has 8 heteroatoms. The number of thioether (sulfide) groups is 1. The summed E-state index contributed by atoms with van der Waals surface area (Å²) in [5.41, 5.74) is 0.942. The van der Waals surface area contributed by atoms with E-state index >= 15 is 0 Å². The minimum absolute atomic E-state index is 0.149. The van der Waals surface area contributed by atoms with Gasteiger partial charge in [0.2, 0.25) is 5.91 Å². The molecule has 2 aliphatic heterocycles. The summed E-state index contributed by atoms with van der Waals surface area (Å²) in [5.74, 6) is -1.08. The number of carbonyl (C=O) groups is 1. The van der Waals surface area contributed by atoms with Gasteiger partial charge in [-0.05, 0) is 25.0 Å². The van der Waals surface area contributed by atoms with Crippen molar-refractivity contribution in [3.8, 4) is 0 Å². The van der Waals surface area contributed by atoms with Crippen molar-refractivity contribution in [1.82, 2.24) is 10.6 Å². The molecule has 4 aliphatic rings. The maximum atomic E-state index is 14.4. The van der Waals surface area contributed by atoms with Crippen molar-refractivity contribution < 1.29 is 13.6 Å². The Balaban J connectivity index is 1.50. The lowest BCUT2D eigenvalue weighted by Crippen LogP contribution is -2.43. The number of nitrogens with one attached hydrogen (secondary N) is 2. The number of allylic oxidation sites excluding steroid dienone is 2. The van der Waals surface area contributed by atoms with Gasteiger partial charge >= 0.3 is 0 Å². The third-order valence-corrected chi connectivity index (χ3v) is 6.46. The average Bonchev–Trinajstić information content (AvgIpc) is 3.24. The van der Waals surface area contributed by atoms with Crippen LogP contribution < -0.4 is 10.6 Å². The van der Waals surface area contributed by atoms with E-state index in [0.29, 0.717) is 36.1 Å². The number of hydrogen-bond donors (Lipinski definition) is 2. The van der Waals surface area contributed by atoms with Crippen LogP contribution in [0.1, 0.15) is 25.7 Å². The first-order valence-electron chi connectivity index (χ1n) is 9.11. The Labute approximate surface area is 155 Å². The van der Waals surface area contributed by atoms with Gasteiger partial charge in [0.1, 0.15) is 23.8 Å². The highest BCUT2D eigenvalue weighted by atomic mass is 32.2. The summed E-state index contributed by atoms with van der Waals surface area (Å²) in [6.07, 6.45) is 6.52. The molecule has 3 atom stereocenters. The van der Waals surface area contributed by atoms with Crippen LogP contribution in [0.25, 0.3) is 0 Å². The van der Waals surface area contributed by atoms with Crippen LogP contribution in [-0.2, 0) is 4.79 Å². The standard InChI is InChI=1S/C18H22F2N4OS/c19-12-5-11(22-10-3-1-2-4-10)6-14-17(12)18(25)24-16(23-14)9-26-15-8-21-7-13(15)20/h5-6,10,13,15,17,21H,1-4,7-9H2,(H,23,24,25)/t13-,15+,17?/m1/s1. The zero-order valence-corrected chi connectivity index (χ0v) is 15.2. The first kappa shape index (κ1) is 17.9. The summed E-state index contributed by atoms with van der Waals surface area (Å²) in [6, 6.07) is 0.232. The lowest BCUT2D eigenvalue weighted by molar-refractivity contribution is -0.122. The van der Waals surface area contributed by atoms with E-state index in [4.69, 9.17) is 0 Å². The van der Waals surface area contributed by atoms with Crippen molar-refractivity contribution >= 4 is 29.2 Å². The van der Waals surface area contributed by atoms with E-state index in [0.717, 1.165) is 25.7 Å². The van der Waals surface area contributed by atoms with Crippen LogP contribution in [-0.4, -0.2) is 53.8 Å². The highest BCUT2D eigenvalue weighted by molar-refractivity contribution is 8.00. The Hall–Kier alpha value is -1.54. The molecule has 2 heterocycles. The number of amidine groups is 1. The summed E-state index contributed by atoms with van der Waals surface area (Å²) >= 11 is 1.42. The van der Waals surface area contributed by atoms with E-state index < -0.39 is 23.8 Å². The predicted molar refractivity (Wildman–Crippen MR) is 100 cm³/mol. The second-order valence-electron chi connectivity index (χ2n) is 7.10. The molecule has 26 heavy (non-hydrogen) atoms. The first-order chi connectivity index (χ1) is 12.6. The molecule has 1 saturated heterocycles. The molecule has 140 valence electrons. The summed E-state index contributed by atoms with van der Waals surface area (Å²) in [4.78, 5) is 21.4. The summed E-state index contributed by atoms with van der Waals surface area (Å²) in [5, 5.41) is 5.51. The molecule has 0 aromatic rings. The van der Waals surface area contributed by atoms with Gasteiger partial charge in [-0.15, -0.1) is 11.8 Å². The van der Waals surface area contributed by atoms with E-state index in [1.807, 2.05) is 0 Å². The molecule has 1 amide bonds. The number of alkyl halides is 1. The van der Waals surface area contributed by atoms with Gasteiger partial charge in [0.05, 0.1) is 28.5 Å². The molecule has 2 fully saturated rings. The summed E-state index contributed by atoms with van der Waals surface area (Å²) < 4.78 is 28.1. The summed E-state index contributed by atoms with van der Waals surface area (Å²) in [7, 11) is 0. The van der Waals surface area contributed by atoms with Gasteiger partial charge in [-0.25, -0.2) is 13.8 Å². The van der Waals surface area contributed by atoms with E-state index in [1.165, 1.54) is 17.8 Å². The van der Waals surface area contributed by atoms with E-state index in [9.17, 15) is 13.6 Å². The number of hydrogen-bond acceptors (Lipinski definition) is 5. The minimum atomic E-state index is -0.992. The fourth-order valence-corrected chi connectivity index (χ4v) is 4.81. The predicted octanol–water partition coefficient (Wildman–Crippen LogP) is 2.31. The quantitative estimate of drug-likeness (QED) is 0.787. The van der Waals surface area contributed by atoms with Gasteiger partial charge in [-0.2, -0.15) is 0 Å². The fourth-order valence-electron chi connectivity index (χ4n) is 3.76. The van der Waals surface area contributed by atoms with E-state index in [1.54, 1.807) is 6.08 Å². The van der Waals surface area contributed by atoms with Gasteiger partial charge in [-0.3, -0.25) is 9.79 Å². The Morgan fingerprint density at radius 1 is 1.27 bits per heavy atom. The molecule has 0 spiro atoms. The molecule has 0 aromatic carbocycles. The number of amides is 1. The third kappa shape index (κ3) is 3.76. The highest BCUT2D eigenvalue weighted by Crippen LogP contribution is 2.31. The van der Waals surface area contributed by atoms with Crippen LogP contribution in [0.5, 0.6) is 0 Å². The van der Waals surface area contributed by atoms with Gasteiger partial charge in [0, 0.05) is 13.1 Å². The normalized spacial score (nSPS) is 33.6. The largest absolute Gasteiger partial charge is 0.313 e. The molecule has 0 aromatic heterocycles. The van der Waals surface area contributed by atoms with Crippen molar-refractivity contribution in [2.45, 2.75) is 43.1 Å². The summed E-state index contributed by atoms with van der Waals surface area (Å²) in [6.45, 7) is 0.967. The van der Waals surface area contributed by atoms with E-state index in [2.05, 4.69) is 20.6 Å². The molecule has 1 unspecified atom stereocenters. The van der Waals surface area contributed by atoms with Crippen LogP contribution in [0.15, 0.2) is 33.7 Å². The van der Waals surface area contributed by atoms with Crippen LogP contribution in [0.2, 0.25) is 0 Å². The monoisotopic (exact) mass is 380 g/mol.